The maximum absolute atomic E-state index is 14.0. The third-order valence-electron chi connectivity index (χ3n) is 5.49. The van der Waals surface area contributed by atoms with E-state index in [0.29, 0.717) is 4.90 Å². The Labute approximate surface area is 195 Å². The number of nitriles is 1. The normalized spacial score (nSPS) is 17.6. The molecule has 2 heterocycles. The molecule has 0 saturated heterocycles. The van der Waals surface area contributed by atoms with Crippen molar-refractivity contribution in [2.24, 2.45) is 7.05 Å². The summed E-state index contributed by atoms with van der Waals surface area (Å²) in [6, 6.07) is 6.27. The molecular formula is C23H16F5N5O2. The van der Waals surface area contributed by atoms with Gasteiger partial charge in [0.1, 0.15) is 18.2 Å². The summed E-state index contributed by atoms with van der Waals surface area (Å²) in [5, 5.41) is 15.4. The molecule has 0 spiro atoms. The van der Waals surface area contributed by atoms with E-state index < -0.39 is 53.7 Å². The summed E-state index contributed by atoms with van der Waals surface area (Å²) >= 11 is 0. The number of nitrogens with zero attached hydrogens (tertiary/aromatic N) is 4. The number of anilines is 1. The number of aromatic nitrogens is 2. The smallest absolute Gasteiger partial charge is 0.325 e. The van der Waals surface area contributed by atoms with Crippen molar-refractivity contribution < 1.29 is 31.5 Å². The largest absolute Gasteiger partial charge is 0.406 e. The minimum Gasteiger partial charge on any atom is -0.325 e. The highest BCUT2D eigenvalue weighted by Crippen LogP contribution is 2.44. The van der Waals surface area contributed by atoms with E-state index in [4.69, 9.17) is 5.26 Å². The van der Waals surface area contributed by atoms with E-state index in [1.807, 2.05) is 0 Å². The summed E-state index contributed by atoms with van der Waals surface area (Å²) in [6.45, 7) is -1.70. The molecule has 12 heteroatoms. The number of fused-ring (bicyclic) bond motifs is 1. The van der Waals surface area contributed by atoms with Gasteiger partial charge in [-0.1, -0.05) is 6.07 Å². The van der Waals surface area contributed by atoms with Crippen LogP contribution in [-0.2, 0) is 11.8 Å². The molecule has 35 heavy (non-hydrogen) atoms. The number of aryl methyl sites for hydroxylation is 1. The van der Waals surface area contributed by atoms with Gasteiger partial charge in [-0.05, 0) is 35.9 Å². The van der Waals surface area contributed by atoms with Crippen molar-refractivity contribution in [3.05, 3.63) is 82.7 Å². The second-order valence-electron chi connectivity index (χ2n) is 7.98. The summed E-state index contributed by atoms with van der Waals surface area (Å²) < 4.78 is 69.7. The third kappa shape index (κ3) is 4.84. The molecule has 0 fully saturated rings. The topological polar surface area (TPSA) is 91.0 Å². The van der Waals surface area contributed by atoms with Crippen LogP contribution in [0.5, 0.6) is 0 Å². The average molecular weight is 489 g/mol. The standard InChI is InChI=1S/C23H16F5N5O2/c1-32-10-13(9-30-32)20-19(21(34)31-16-5-12(8-29)4-15(25)6-16)17-3-2-14(24)7-18(17)22(35)33(20)11-23(26,27)28/h2-7,9-10,19-20H,11H2,1H3,(H,31,34). The molecule has 2 aromatic carbocycles. The van der Waals surface area contributed by atoms with Gasteiger partial charge in [-0.2, -0.15) is 23.5 Å². The molecule has 0 bridgehead atoms. The number of halogens is 5. The monoisotopic (exact) mass is 489 g/mol. The van der Waals surface area contributed by atoms with Gasteiger partial charge >= 0.3 is 6.18 Å². The highest BCUT2D eigenvalue weighted by molar-refractivity contribution is 6.04. The average Bonchev–Trinajstić information content (AvgIpc) is 3.20. The lowest BCUT2D eigenvalue weighted by atomic mass is 9.79. The van der Waals surface area contributed by atoms with Gasteiger partial charge in [-0.15, -0.1) is 0 Å². The maximum Gasteiger partial charge on any atom is 0.406 e. The van der Waals surface area contributed by atoms with Crippen LogP contribution in [0.4, 0.5) is 27.6 Å². The number of nitrogens with one attached hydrogen (secondary N) is 1. The Morgan fingerprint density at radius 3 is 2.54 bits per heavy atom. The van der Waals surface area contributed by atoms with Crippen LogP contribution < -0.4 is 5.32 Å². The number of hydrogen-bond acceptors (Lipinski definition) is 4. The van der Waals surface area contributed by atoms with E-state index in [-0.39, 0.29) is 22.4 Å². The van der Waals surface area contributed by atoms with Gasteiger partial charge in [0, 0.05) is 30.1 Å². The van der Waals surface area contributed by atoms with Crippen molar-refractivity contribution in [1.82, 2.24) is 14.7 Å². The van der Waals surface area contributed by atoms with Crippen LogP contribution >= 0.6 is 0 Å². The van der Waals surface area contributed by atoms with Crippen LogP contribution in [0.15, 0.2) is 48.8 Å². The quantitative estimate of drug-likeness (QED) is 0.560. The van der Waals surface area contributed by atoms with Crippen molar-refractivity contribution in [3.8, 4) is 6.07 Å². The molecule has 0 saturated carbocycles. The van der Waals surface area contributed by atoms with Gasteiger partial charge in [0.15, 0.2) is 0 Å². The zero-order valence-electron chi connectivity index (χ0n) is 18.0. The van der Waals surface area contributed by atoms with Crippen LogP contribution in [0.2, 0.25) is 0 Å². The number of carbonyl (C=O) groups excluding carboxylic acids is 2. The molecule has 1 aliphatic heterocycles. The number of benzene rings is 2. The molecule has 2 unspecified atom stereocenters. The van der Waals surface area contributed by atoms with Crippen LogP contribution in [0.3, 0.4) is 0 Å². The van der Waals surface area contributed by atoms with E-state index in [2.05, 4.69) is 10.4 Å². The van der Waals surface area contributed by atoms with E-state index in [9.17, 15) is 31.5 Å². The number of carbonyl (C=O) groups is 2. The third-order valence-corrected chi connectivity index (χ3v) is 5.49. The molecule has 7 nitrogen and oxygen atoms in total. The Bertz CT molecular complexity index is 1360. The highest BCUT2D eigenvalue weighted by atomic mass is 19.4. The molecule has 2 amide bonds. The van der Waals surface area contributed by atoms with E-state index in [1.165, 1.54) is 30.2 Å². The minimum atomic E-state index is -4.83. The summed E-state index contributed by atoms with van der Waals surface area (Å²) in [5.74, 6) is -5.12. The summed E-state index contributed by atoms with van der Waals surface area (Å²) in [6.07, 6.45) is -2.23. The highest BCUT2D eigenvalue weighted by Gasteiger charge is 2.48. The maximum atomic E-state index is 14.0. The second kappa shape index (κ2) is 8.83. The predicted molar refractivity (Wildman–Crippen MR) is 112 cm³/mol. The second-order valence-corrected chi connectivity index (χ2v) is 7.98. The summed E-state index contributed by atoms with van der Waals surface area (Å²) in [7, 11) is 1.51. The summed E-state index contributed by atoms with van der Waals surface area (Å²) in [5.41, 5.74) is -0.467. The van der Waals surface area contributed by atoms with Crippen molar-refractivity contribution >= 4 is 17.5 Å². The molecular weight excluding hydrogens is 473 g/mol. The van der Waals surface area contributed by atoms with Gasteiger partial charge < -0.3 is 10.2 Å². The van der Waals surface area contributed by atoms with Crippen LogP contribution in [0, 0.1) is 23.0 Å². The molecule has 1 N–H and O–H groups in total. The van der Waals surface area contributed by atoms with Crippen molar-refractivity contribution in [3.63, 3.8) is 0 Å². The van der Waals surface area contributed by atoms with Crippen LogP contribution in [0.25, 0.3) is 0 Å². The Hall–Kier alpha value is -4.27. The van der Waals surface area contributed by atoms with Gasteiger partial charge in [-0.25, -0.2) is 8.78 Å². The van der Waals surface area contributed by atoms with Crippen molar-refractivity contribution in [2.75, 3.05) is 11.9 Å². The first-order valence-electron chi connectivity index (χ1n) is 10.1. The fraction of sp³-hybridized carbons (Fsp3) is 0.217. The first-order chi connectivity index (χ1) is 16.5. The first-order valence-corrected chi connectivity index (χ1v) is 10.1. The van der Waals surface area contributed by atoms with Gasteiger partial charge in [0.25, 0.3) is 5.91 Å². The lowest BCUT2D eigenvalue weighted by molar-refractivity contribution is -0.148. The van der Waals surface area contributed by atoms with Gasteiger partial charge in [0.05, 0.1) is 29.8 Å². The molecule has 0 radical (unpaired) electrons. The van der Waals surface area contributed by atoms with E-state index in [0.717, 1.165) is 30.3 Å². The van der Waals surface area contributed by atoms with Crippen LogP contribution in [-0.4, -0.2) is 39.2 Å². The number of rotatable bonds is 4. The fourth-order valence-corrected chi connectivity index (χ4v) is 4.18. The molecule has 0 aliphatic carbocycles. The lowest BCUT2D eigenvalue weighted by Crippen LogP contribution is -2.49. The fourth-order valence-electron chi connectivity index (χ4n) is 4.18. The zero-order valence-corrected chi connectivity index (χ0v) is 18.0. The summed E-state index contributed by atoms with van der Waals surface area (Å²) in [4.78, 5) is 27.0. The number of alkyl halides is 3. The molecule has 1 aromatic heterocycles. The molecule has 4 rings (SSSR count). The Morgan fingerprint density at radius 2 is 1.91 bits per heavy atom. The van der Waals surface area contributed by atoms with Crippen LogP contribution in [0.1, 0.15) is 39.0 Å². The lowest BCUT2D eigenvalue weighted by Gasteiger charge is -2.41. The SMILES string of the molecule is Cn1cc(C2C(C(=O)Nc3cc(F)cc(C#N)c3)c3ccc(F)cc3C(=O)N2CC(F)(F)F)cn1. The number of hydrogen-bond donors (Lipinski definition) is 1. The minimum absolute atomic E-state index is 0.00177. The molecule has 1 aliphatic rings. The van der Waals surface area contributed by atoms with Crippen molar-refractivity contribution in [1.29, 1.82) is 5.26 Å². The Balaban J connectivity index is 1.87. The first kappa shape index (κ1) is 23.9. The Morgan fingerprint density at radius 1 is 1.17 bits per heavy atom. The molecule has 3 aromatic rings. The number of amides is 2. The van der Waals surface area contributed by atoms with Crippen molar-refractivity contribution in [2.45, 2.75) is 18.1 Å². The van der Waals surface area contributed by atoms with Gasteiger partial charge in [-0.3, -0.25) is 14.3 Å². The van der Waals surface area contributed by atoms with Gasteiger partial charge in [0.2, 0.25) is 5.91 Å². The zero-order chi connectivity index (χ0) is 25.5. The van der Waals surface area contributed by atoms with E-state index in [1.54, 1.807) is 6.07 Å². The molecule has 2 atom stereocenters. The Kier molecular flexibility index (Phi) is 6.02. The predicted octanol–water partition coefficient (Wildman–Crippen LogP) is 4.05. The van der Waals surface area contributed by atoms with E-state index >= 15 is 0 Å². The molecule has 180 valence electrons.